The van der Waals surface area contributed by atoms with Gasteiger partial charge in [0.05, 0.1) is 5.56 Å². The highest BCUT2D eigenvalue weighted by Crippen LogP contribution is 2.18. The molecule has 76 valence electrons. The van der Waals surface area contributed by atoms with Crippen LogP contribution in [0.2, 0.25) is 0 Å². The van der Waals surface area contributed by atoms with Crippen LogP contribution in [0.4, 0.5) is 5.82 Å². The molecule has 15 heavy (non-hydrogen) atoms. The van der Waals surface area contributed by atoms with Crippen LogP contribution in [-0.2, 0) is 4.79 Å². The smallest absolute Gasteiger partial charge is 0.229 e. The fourth-order valence-electron chi connectivity index (χ4n) is 1.57. The maximum atomic E-state index is 11.5. The molecule has 0 aromatic carbocycles. The number of aromatic nitrogens is 1. The average molecular weight is 202 g/mol. The van der Waals surface area contributed by atoms with Gasteiger partial charge in [0, 0.05) is 25.2 Å². The number of hydrogen-bond donors (Lipinski definition) is 1. The van der Waals surface area contributed by atoms with Crippen molar-refractivity contribution >= 4 is 11.7 Å². The molecule has 0 saturated carbocycles. The van der Waals surface area contributed by atoms with E-state index in [0.29, 0.717) is 24.3 Å². The van der Waals surface area contributed by atoms with E-state index in [1.54, 1.807) is 17.0 Å². The van der Waals surface area contributed by atoms with Crippen molar-refractivity contribution in [3.05, 3.63) is 23.9 Å². The third-order valence-electron chi connectivity index (χ3n) is 2.31. The second-order valence-electron chi connectivity index (χ2n) is 3.49. The van der Waals surface area contributed by atoms with E-state index < -0.39 is 0 Å². The number of anilines is 1. The van der Waals surface area contributed by atoms with E-state index in [-0.39, 0.29) is 11.9 Å². The zero-order valence-electron chi connectivity index (χ0n) is 8.05. The lowest BCUT2D eigenvalue weighted by Gasteiger charge is -2.14. The number of nitrogens with two attached hydrogens (primary N) is 1. The summed E-state index contributed by atoms with van der Waals surface area (Å²) in [6, 6.07) is 5.16. The van der Waals surface area contributed by atoms with Crippen molar-refractivity contribution in [3.8, 4) is 6.07 Å². The quantitative estimate of drug-likeness (QED) is 0.695. The van der Waals surface area contributed by atoms with Gasteiger partial charge < -0.3 is 5.73 Å². The number of carbonyl (C=O) groups is 1. The maximum Gasteiger partial charge on any atom is 0.229 e. The molecule has 1 fully saturated rings. The predicted molar refractivity (Wildman–Crippen MR) is 53.9 cm³/mol. The van der Waals surface area contributed by atoms with Gasteiger partial charge in [0.15, 0.2) is 0 Å². The highest BCUT2D eigenvalue weighted by Gasteiger charge is 2.28. The van der Waals surface area contributed by atoms with Crippen LogP contribution in [0.15, 0.2) is 18.3 Å². The fourth-order valence-corrected chi connectivity index (χ4v) is 1.57. The number of pyridine rings is 1. The predicted octanol–water partition coefficient (Wildman–Crippen LogP) is 0.0173. The second kappa shape index (κ2) is 3.67. The lowest BCUT2D eigenvalue weighted by Crippen LogP contribution is -2.28. The number of rotatable bonds is 1. The van der Waals surface area contributed by atoms with Gasteiger partial charge in [-0.1, -0.05) is 0 Å². The molecular formula is C10H10N4O. The van der Waals surface area contributed by atoms with Gasteiger partial charge in [0.1, 0.15) is 11.9 Å². The van der Waals surface area contributed by atoms with Crippen LogP contribution in [0.5, 0.6) is 0 Å². The van der Waals surface area contributed by atoms with E-state index in [2.05, 4.69) is 4.98 Å². The molecule has 5 nitrogen and oxygen atoms in total. The maximum absolute atomic E-state index is 11.5. The van der Waals surface area contributed by atoms with Gasteiger partial charge in [0.25, 0.3) is 0 Å². The molecule has 1 unspecified atom stereocenters. The monoisotopic (exact) mass is 202 g/mol. The molecule has 5 heteroatoms. The summed E-state index contributed by atoms with van der Waals surface area (Å²) in [4.78, 5) is 17.1. The molecule has 2 N–H and O–H groups in total. The first-order chi connectivity index (χ1) is 7.20. The Morgan fingerprint density at radius 2 is 2.40 bits per heavy atom. The minimum Gasteiger partial charge on any atom is -0.326 e. The van der Waals surface area contributed by atoms with Gasteiger partial charge in [0.2, 0.25) is 5.91 Å². The topological polar surface area (TPSA) is 83.0 Å². The summed E-state index contributed by atoms with van der Waals surface area (Å²) in [6.45, 7) is 0.498. The van der Waals surface area contributed by atoms with Crippen molar-refractivity contribution in [1.82, 2.24) is 4.98 Å². The number of carbonyl (C=O) groups excluding carboxylic acids is 1. The van der Waals surface area contributed by atoms with Crippen molar-refractivity contribution in [2.45, 2.75) is 12.5 Å². The van der Waals surface area contributed by atoms with Gasteiger partial charge in [-0.25, -0.2) is 4.98 Å². The van der Waals surface area contributed by atoms with Gasteiger partial charge in [-0.3, -0.25) is 9.69 Å². The summed E-state index contributed by atoms with van der Waals surface area (Å²) in [5.41, 5.74) is 6.15. The normalized spacial score (nSPS) is 20.4. The van der Waals surface area contributed by atoms with E-state index in [9.17, 15) is 4.79 Å². The molecule has 1 aromatic heterocycles. The minimum absolute atomic E-state index is 0.0142. The standard InChI is InChI=1S/C10H10N4O/c11-4-7-1-2-9(13-5-7)14-6-8(12)3-10(14)15/h1-2,5,8H,3,6,12H2. The van der Waals surface area contributed by atoms with Gasteiger partial charge in [-0.2, -0.15) is 5.26 Å². The Hall–Kier alpha value is -1.93. The highest BCUT2D eigenvalue weighted by molar-refractivity contribution is 5.95. The molecule has 2 rings (SSSR count). The second-order valence-corrected chi connectivity index (χ2v) is 3.49. The summed E-state index contributed by atoms with van der Waals surface area (Å²) >= 11 is 0. The molecule has 1 aliphatic heterocycles. The molecule has 0 bridgehead atoms. The van der Waals surface area contributed by atoms with Crippen LogP contribution in [0.1, 0.15) is 12.0 Å². The van der Waals surface area contributed by atoms with Crippen LogP contribution in [-0.4, -0.2) is 23.5 Å². The molecule has 1 aromatic rings. The molecule has 1 atom stereocenters. The summed E-state index contributed by atoms with van der Waals surface area (Å²) < 4.78 is 0. The van der Waals surface area contributed by atoms with Gasteiger partial charge in [-0.15, -0.1) is 0 Å². The molecular weight excluding hydrogens is 192 g/mol. The van der Waals surface area contributed by atoms with Crippen molar-refractivity contribution in [2.24, 2.45) is 5.73 Å². The molecule has 0 spiro atoms. The average Bonchev–Trinajstić information content (AvgIpc) is 2.58. The summed E-state index contributed by atoms with van der Waals surface area (Å²) in [5.74, 6) is 0.548. The van der Waals surface area contributed by atoms with Crippen LogP contribution < -0.4 is 10.6 Å². The summed E-state index contributed by atoms with van der Waals surface area (Å²) in [7, 11) is 0. The summed E-state index contributed by atoms with van der Waals surface area (Å²) in [5, 5.41) is 8.60. The van der Waals surface area contributed by atoms with E-state index in [1.807, 2.05) is 6.07 Å². The molecule has 0 aliphatic carbocycles. The van der Waals surface area contributed by atoms with Crippen molar-refractivity contribution < 1.29 is 4.79 Å². The van der Waals surface area contributed by atoms with Crippen LogP contribution in [0.3, 0.4) is 0 Å². The molecule has 1 saturated heterocycles. The highest BCUT2D eigenvalue weighted by atomic mass is 16.2. The van der Waals surface area contributed by atoms with Crippen LogP contribution in [0.25, 0.3) is 0 Å². The zero-order valence-corrected chi connectivity index (χ0v) is 8.05. The largest absolute Gasteiger partial charge is 0.326 e. The Bertz CT molecular complexity index is 420. The Labute approximate surface area is 87.1 Å². The Kier molecular flexibility index (Phi) is 2.35. The molecule has 1 aliphatic rings. The van der Waals surface area contributed by atoms with Gasteiger partial charge >= 0.3 is 0 Å². The number of amides is 1. The van der Waals surface area contributed by atoms with Crippen molar-refractivity contribution in [3.63, 3.8) is 0 Å². The van der Waals surface area contributed by atoms with Crippen LogP contribution >= 0.6 is 0 Å². The first-order valence-corrected chi connectivity index (χ1v) is 4.63. The Morgan fingerprint density at radius 1 is 1.60 bits per heavy atom. The number of nitriles is 1. The van der Waals surface area contributed by atoms with E-state index in [4.69, 9.17) is 11.0 Å². The Morgan fingerprint density at radius 3 is 2.87 bits per heavy atom. The lowest BCUT2D eigenvalue weighted by molar-refractivity contribution is -0.117. The summed E-state index contributed by atoms with van der Waals surface area (Å²) in [6.07, 6.45) is 1.81. The number of hydrogen-bond acceptors (Lipinski definition) is 4. The fraction of sp³-hybridized carbons (Fsp3) is 0.300. The molecule has 0 radical (unpaired) electrons. The molecule has 2 heterocycles. The van der Waals surface area contributed by atoms with Crippen molar-refractivity contribution in [1.29, 1.82) is 5.26 Å². The molecule has 1 amide bonds. The third kappa shape index (κ3) is 1.80. The Balaban J connectivity index is 2.23. The van der Waals surface area contributed by atoms with E-state index >= 15 is 0 Å². The first kappa shape index (κ1) is 9.62. The zero-order chi connectivity index (χ0) is 10.8. The number of nitrogens with zero attached hydrogens (tertiary/aromatic N) is 3. The van der Waals surface area contributed by atoms with Crippen LogP contribution in [0, 0.1) is 11.3 Å². The van der Waals surface area contributed by atoms with E-state index in [0.717, 1.165) is 0 Å². The van der Waals surface area contributed by atoms with Crippen molar-refractivity contribution in [2.75, 3.05) is 11.4 Å². The third-order valence-corrected chi connectivity index (χ3v) is 2.31. The SMILES string of the molecule is N#Cc1ccc(N2CC(N)CC2=O)nc1. The minimum atomic E-state index is -0.116. The lowest BCUT2D eigenvalue weighted by atomic mass is 10.3. The first-order valence-electron chi connectivity index (χ1n) is 4.63. The van der Waals surface area contributed by atoms with Gasteiger partial charge in [-0.05, 0) is 12.1 Å². The van der Waals surface area contributed by atoms with E-state index in [1.165, 1.54) is 6.20 Å².